The quantitative estimate of drug-likeness (QED) is 0.911. The molecule has 0 aliphatic heterocycles. The highest BCUT2D eigenvalue weighted by molar-refractivity contribution is 5.85. The first-order valence-electron chi connectivity index (χ1n) is 6.23. The van der Waals surface area contributed by atoms with Crippen LogP contribution in [0.1, 0.15) is 12.8 Å². The molecule has 114 valence electrons. The number of aryl methyl sites for hydroxylation is 1. The van der Waals surface area contributed by atoms with Crippen molar-refractivity contribution >= 4 is 22.7 Å². The van der Waals surface area contributed by atoms with E-state index in [1.165, 1.54) is 6.92 Å². The van der Waals surface area contributed by atoms with Crippen molar-refractivity contribution in [1.82, 2.24) is 10.3 Å². The maximum absolute atomic E-state index is 12.0. The van der Waals surface area contributed by atoms with Gasteiger partial charge in [-0.1, -0.05) is 0 Å². The van der Waals surface area contributed by atoms with Gasteiger partial charge in [0.2, 0.25) is 5.91 Å². The molecule has 2 rings (SSSR count). The number of halogens is 3. The summed E-state index contributed by atoms with van der Waals surface area (Å²) < 4.78 is 41.4. The van der Waals surface area contributed by atoms with Crippen LogP contribution in [0.25, 0.3) is 11.1 Å². The van der Waals surface area contributed by atoms with Crippen LogP contribution in [0, 0.1) is 6.92 Å². The third-order valence-corrected chi connectivity index (χ3v) is 2.73. The summed E-state index contributed by atoms with van der Waals surface area (Å²) in [4.78, 5) is 15.7. The summed E-state index contributed by atoms with van der Waals surface area (Å²) >= 11 is 0. The van der Waals surface area contributed by atoms with Crippen LogP contribution in [-0.2, 0) is 4.79 Å². The van der Waals surface area contributed by atoms with E-state index in [-0.39, 0.29) is 0 Å². The van der Waals surface area contributed by atoms with Crippen LogP contribution in [0.5, 0.6) is 0 Å². The van der Waals surface area contributed by atoms with Crippen molar-refractivity contribution in [2.45, 2.75) is 26.1 Å². The number of carbonyl (C=O) groups excluding carboxylic acids is 1. The highest BCUT2D eigenvalue weighted by Gasteiger charge is 2.28. The van der Waals surface area contributed by atoms with E-state index in [9.17, 15) is 18.0 Å². The lowest BCUT2D eigenvalue weighted by molar-refractivity contribution is -0.138. The molecule has 2 N–H and O–H groups in total. The van der Waals surface area contributed by atoms with Gasteiger partial charge in [0, 0.05) is 12.6 Å². The highest BCUT2D eigenvalue weighted by atomic mass is 19.4. The van der Waals surface area contributed by atoms with Gasteiger partial charge in [0.15, 0.2) is 11.5 Å². The number of hydrogen-bond donors (Lipinski definition) is 2. The zero-order valence-corrected chi connectivity index (χ0v) is 11.4. The van der Waals surface area contributed by atoms with Crippen LogP contribution >= 0.6 is 0 Å². The third-order valence-electron chi connectivity index (χ3n) is 2.73. The fraction of sp³-hybridized carbons (Fsp3) is 0.385. The Labute approximate surface area is 118 Å². The number of oxazole rings is 1. The minimum atomic E-state index is -4.42. The predicted octanol–water partition coefficient (Wildman–Crippen LogP) is 2.62. The van der Waals surface area contributed by atoms with Crippen molar-refractivity contribution in [3.8, 4) is 0 Å². The smallest absolute Gasteiger partial charge is 0.405 e. The Morgan fingerprint density at radius 2 is 2.14 bits per heavy atom. The van der Waals surface area contributed by atoms with Gasteiger partial charge in [-0.15, -0.1) is 0 Å². The molecule has 0 aliphatic rings. The fourth-order valence-corrected chi connectivity index (χ4v) is 1.79. The molecule has 1 aromatic carbocycles. The van der Waals surface area contributed by atoms with Gasteiger partial charge in [0.1, 0.15) is 18.1 Å². The average molecular weight is 301 g/mol. The standard InChI is InChI=1S/C13H14F3N3O2/c1-7(12(20)17-6-13(14,15)16)18-9-3-4-11-10(5-9)19-8(2)21-11/h3-5,7,18H,6H2,1-2H3,(H,17,20). The highest BCUT2D eigenvalue weighted by Crippen LogP contribution is 2.20. The molecule has 0 saturated carbocycles. The van der Waals surface area contributed by atoms with E-state index in [2.05, 4.69) is 10.3 Å². The molecule has 0 bridgehead atoms. The lowest BCUT2D eigenvalue weighted by Crippen LogP contribution is -2.42. The van der Waals surface area contributed by atoms with Crippen molar-refractivity contribution in [2.75, 3.05) is 11.9 Å². The Kier molecular flexibility index (Phi) is 4.06. The monoisotopic (exact) mass is 301 g/mol. The Morgan fingerprint density at radius 1 is 1.43 bits per heavy atom. The molecule has 0 radical (unpaired) electrons. The van der Waals surface area contributed by atoms with Crippen LogP contribution in [0.15, 0.2) is 22.6 Å². The molecule has 21 heavy (non-hydrogen) atoms. The molecule has 0 saturated heterocycles. The molecule has 5 nitrogen and oxygen atoms in total. The molecular formula is C13H14F3N3O2. The number of nitrogens with zero attached hydrogens (tertiary/aromatic N) is 1. The Hall–Kier alpha value is -2.25. The van der Waals surface area contributed by atoms with Crippen molar-refractivity contribution in [1.29, 1.82) is 0 Å². The van der Waals surface area contributed by atoms with E-state index in [0.29, 0.717) is 22.7 Å². The lowest BCUT2D eigenvalue weighted by Gasteiger charge is -2.16. The second-order valence-electron chi connectivity index (χ2n) is 4.61. The maximum Gasteiger partial charge on any atom is 0.405 e. The van der Waals surface area contributed by atoms with E-state index in [1.807, 2.05) is 5.32 Å². The van der Waals surface area contributed by atoms with Crippen LogP contribution in [-0.4, -0.2) is 29.7 Å². The Morgan fingerprint density at radius 3 is 2.81 bits per heavy atom. The molecule has 2 aromatic rings. The van der Waals surface area contributed by atoms with Gasteiger partial charge >= 0.3 is 6.18 Å². The summed E-state index contributed by atoms with van der Waals surface area (Å²) in [5.41, 5.74) is 1.79. The number of rotatable bonds is 4. The number of hydrogen-bond acceptors (Lipinski definition) is 4. The molecule has 1 amide bonds. The molecule has 1 heterocycles. The van der Waals surface area contributed by atoms with Crippen LogP contribution in [0.3, 0.4) is 0 Å². The second-order valence-corrected chi connectivity index (χ2v) is 4.61. The zero-order valence-electron chi connectivity index (χ0n) is 11.4. The van der Waals surface area contributed by atoms with Crippen molar-refractivity contribution < 1.29 is 22.4 Å². The summed E-state index contributed by atoms with van der Waals surface area (Å²) in [5.74, 6) is -0.220. The molecule has 1 aromatic heterocycles. The van der Waals surface area contributed by atoms with Crippen LogP contribution in [0.2, 0.25) is 0 Å². The summed E-state index contributed by atoms with van der Waals surface area (Å²) in [6.45, 7) is 1.84. The first-order chi connectivity index (χ1) is 9.74. The number of benzene rings is 1. The van der Waals surface area contributed by atoms with Crippen LogP contribution < -0.4 is 10.6 Å². The predicted molar refractivity (Wildman–Crippen MR) is 70.9 cm³/mol. The van der Waals surface area contributed by atoms with Crippen molar-refractivity contribution in [2.24, 2.45) is 0 Å². The van der Waals surface area contributed by atoms with Gasteiger partial charge in [0.25, 0.3) is 0 Å². The minimum Gasteiger partial charge on any atom is -0.441 e. The molecule has 1 atom stereocenters. The number of fused-ring (bicyclic) bond motifs is 1. The second kappa shape index (κ2) is 5.63. The minimum absolute atomic E-state index is 0.512. The van der Waals surface area contributed by atoms with Gasteiger partial charge in [0.05, 0.1) is 0 Å². The molecule has 0 fully saturated rings. The average Bonchev–Trinajstić information content (AvgIpc) is 2.74. The first kappa shape index (κ1) is 15.1. The van der Waals surface area contributed by atoms with E-state index in [4.69, 9.17) is 4.42 Å². The maximum atomic E-state index is 12.0. The number of aromatic nitrogens is 1. The molecule has 0 aliphatic carbocycles. The topological polar surface area (TPSA) is 67.2 Å². The largest absolute Gasteiger partial charge is 0.441 e. The van der Waals surface area contributed by atoms with Gasteiger partial charge in [-0.05, 0) is 25.1 Å². The Balaban J connectivity index is 2.00. The van der Waals surface area contributed by atoms with Crippen LogP contribution in [0.4, 0.5) is 18.9 Å². The number of amides is 1. The van der Waals surface area contributed by atoms with Gasteiger partial charge < -0.3 is 15.1 Å². The third kappa shape index (κ3) is 4.11. The number of alkyl halides is 3. The summed E-state index contributed by atoms with van der Waals surface area (Å²) in [6, 6.07) is 4.20. The Bertz CT molecular complexity index is 652. The lowest BCUT2D eigenvalue weighted by atomic mass is 10.2. The summed E-state index contributed by atoms with van der Waals surface area (Å²) in [5, 5.41) is 4.64. The van der Waals surface area contributed by atoms with E-state index >= 15 is 0 Å². The number of carbonyl (C=O) groups is 1. The summed E-state index contributed by atoms with van der Waals surface area (Å²) in [6.07, 6.45) is -4.42. The SMILES string of the molecule is Cc1nc2cc(NC(C)C(=O)NCC(F)(F)F)ccc2o1. The molecular weight excluding hydrogens is 287 g/mol. The molecule has 8 heteroatoms. The van der Waals surface area contributed by atoms with Gasteiger partial charge in [-0.25, -0.2) is 4.98 Å². The number of anilines is 1. The van der Waals surface area contributed by atoms with Gasteiger partial charge in [-0.2, -0.15) is 13.2 Å². The summed E-state index contributed by atoms with van der Waals surface area (Å²) in [7, 11) is 0. The van der Waals surface area contributed by atoms with Gasteiger partial charge in [-0.3, -0.25) is 4.79 Å². The molecule has 0 spiro atoms. The van der Waals surface area contributed by atoms with Crippen molar-refractivity contribution in [3.63, 3.8) is 0 Å². The zero-order chi connectivity index (χ0) is 15.6. The fourth-order valence-electron chi connectivity index (χ4n) is 1.79. The van der Waals surface area contributed by atoms with Crippen molar-refractivity contribution in [3.05, 3.63) is 24.1 Å². The normalized spacial score (nSPS) is 13.2. The molecule has 1 unspecified atom stereocenters. The van der Waals surface area contributed by atoms with E-state index in [1.54, 1.807) is 25.1 Å². The first-order valence-corrected chi connectivity index (χ1v) is 6.23. The number of nitrogens with one attached hydrogen (secondary N) is 2. The van der Waals surface area contributed by atoms with E-state index < -0.39 is 24.7 Å². The van der Waals surface area contributed by atoms with E-state index in [0.717, 1.165) is 0 Å².